The van der Waals surface area contributed by atoms with Crippen molar-refractivity contribution in [3.63, 3.8) is 0 Å². The summed E-state index contributed by atoms with van der Waals surface area (Å²) in [5.74, 6) is 0. The first-order chi connectivity index (χ1) is 10.8. The van der Waals surface area contributed by atoms with E-state index in [0.717, 1.165) is 11.2 Å². The zero-order valence-corrected chi connectivity index (χ0v) is 12.2. The molecule has 0 aliphatic carbocycles. The van der Waals surface area contributed by atoms with E-state index in [2.05, 4.69) is 66.5 Å². The third kappa shape index (κ3) is 1.47. The fourth-order valence-corrected chi connectivity index (χ4v) is 3.48. The highest BCUT2D eigenvalue weighted by Gasteiger charge is 2.12. The van der Waals surface area contributed by atoms with E-state index >= 15 is 0 Å². The first kappa shape index (κ1) is 11.8. The smallest absolute Gasteiger partial charge is 0.0726 e. The highest BCUT2D eigenvalue weighted by atomic mass is 14.8. The fraction of sp³-hybridized carbons (Fsp3) is 0.0500. The van der Waals surface area contributed by atoms with Crippen LogP contribution in [0.5, 0.6) is 0 Å². The standard InChI is InChI=1S/C20H14N2/c1-12-19-16-10-13-6-2-3-7-14(13)11-18(16)22-20(19)15-8-4-5-9-17(15)21-12/h2-11,22H,1H3. The van der Waals surface area contributed by atoms with Gasteiger partial charge in [-0.3, -0.25) is 4.98 Å². The van der Waals surface area contributed by atoms with E-state index in [1.807, 2.05) is 6.07 Å². The number of aryl methyl sites for hydroxylation is 1. The minimum atomic E-state index is 1.05. The molecule has 104 valence electrons. The van der Waals surface area contributed by atoms with Gasteiger partial charge in [0.25, 0.3) is 0 Å². The molecule has 0 fully saturated rings. The Hall–Kier alpha value is -2.87. The average molecular weight is 282 g/mol. The Balaban J connectivity index is 2.08. The first-order valence-corrected chi connectivity index (χ1v) is 7.51. The lowest BCUT2D eigenvalue weighted by atomic mass is 10.0. The molecule has 0 saturated carbocycles. The van der Waals surface area contributed by atoms with Gasteiger partial charge in [0.1, 0.15) is 0 Å². The van der Waals surface area contributed by atoms with Crippen LogP contribution in [-0.2, 0) is 0 Å². The molecule has 0 unspecified atom stereocenters. The molecule has 0 radical (unpaired) electrons. The molecule has 0 aliphatic heterocycles. The number of hydrogen-bond acceptors (Lipinski definition) is 1. The minimum absolute atomic E-state index is 1.05. The summed E-state index contributed by atoms with van der Waals surface area (Å²) < 4.78 is 0. The lowest BCUT2D eigenvalue weighted by molar-refractivity contribution is 1.29. The number of nitrogens with one attached hydrogen (secondary N) is 1. The van der Waals surface area contributed by atoms with Gasteiger partial charge in [0.15, 0.2) is 0 Å². The third-order valence-corrected chi connectivity index (χ3v) is 4.49. The molecule has 0 spiro atoms. The van der Waals surface area contributed by atoms with Crippen LogP contribution >= 0.6 is 0 Å². The maximum Gasteiger partial charge on any atom is 0.0726 e. The lowest BCUT2D eigenvalue weighted by Gasteiger charge is -2.02. The van der Waals surface area contributed by atoms with Gasteiger partial charge in [0, 0.05) is 27.4 Å². The molecule has 1 N–H and O–H groups in total. The Morgan fingerprint density at radius 1 is 0.818 bits per heavy atom. The Morgan fingerprint density at radius 3 is 2.41 bits per heavy atom. The summed E-state index contributed by atoms with van der Waals surface area (Å²) in [6.45, 7) is 2.09. The van der Waals surface area contributed by atoms with Crippen molar-refractivity contribution in [3.05, 3.63) is 66.4 Å². The van der Waals surface area contributed by atoms with Gasteiger partial charge in [0.05, 0.1) is 11.0 Å². The molecule has 0 amide bonds. The van der Waals surface area contributed by atoms with Crippen LogP contribution in [-0.4, -0.2) is 9.97 Å². The molecule has 2 aromatic heterocycles. The second-order valence-corrected chi connectivity index (χ2v) is 5.83. The van der Waals surface area contributed by atoms with Gasteiger partial charge in [-0.25, -0.2) is 0 Å². The van der Waals surface area contributed by atoms with Crippen LogP contribution in [0.1, 0.15) is 5.69 Å². The average Bonchev–Trinajstić information content (AvgIpc) is 2.92. The van der Waals surface area contributed by atoms with Gasteiger partial charge in [-0.1, -0.05) is 42.5 Å². The highest BCUT2D eigenvalue weighted by molar-refractivity contribution is 6.19. The summed E-state index contributed by atoms with van der Waals surface area (Å²) in [7, 11) is 0. The topological polar surface area (TPSA) is 28.7 Å². The SMILES string of the molecule is Cc1nc2ccccc2c2[nH]c3cc4ccccc4cc3c12. The van der Waals surface area contributed by atoms with Gasteiger partial charge < -0.3 is 4.98 Å². The van der Waals surface area contributed by atoms with Crippen LogP contribution in [0.2, 0.25) is 0 Å². The normalized spacial score (nSPS) is 11.9. The van der Waals surface area contributed by atoms with E-state index in [1.54, 1.807) is 0 Å². The molecule has 0 atom stereocenters. The zero-order chi connectivity index (χ0) is 14.7. The van der Waals surface area contributed by atoms with Gasteiger partial charge in [-0.15, -0.1) is 0 Å². The number of H-pyrrole nitrogens is 1. The Bertz CT molecular complexity index is 1180. The van der Waals surface area contributed by atoms with Crippen LogP contribution in [0, 0.1) is 6.92 Å². The number of pyridine rings is 1. The van der Waals surface area contributed by atoms with E-state index in [-0.39, 0.29) is 0 Å². The Labute approximate surface area is 127 Å². The molecule has 2 nitrogen and oxygen atoms in total. The number of fused-ring (bicyclic) bond motifs is 6. The van der Waals surface area contributed by atoms with E-state index in [4.69, 9.17) is 4.98 Å². The summed E-state index contributed by atoms with van der Waals surface area (Å²) in [4.78, 5) is 8.40. The molecule has 2 heteroatoms. The number of hydrogen-bond donors (Lipinski definition) is 1. The third-order valence-electron chi connectivity index (χ3n) is 4.49. The Kier molecular flexibility index (Phi) is 2.18. The van der Waals surface area contributed by atoms with Gasteiger partial charge in [-0.2, -0.15) is 0 Å². The van der Waals surface area contributed by atoms with Crippen LogP contribution in [0.4, 0.5) is 0 Å². The second kappa shape index (κ2) is 4.08. The van der Waals surface area contributed by atoms with Crippen LogP contribution in [0.3, 0.4) is 0 Å². The van der Waals surface area contributed by atoms with E-state index in [1.165, 1.54) is 38.0 Å². The van der Waals surface area contributed by atoms with Crippen LogP contribution < -0.4 is 0 Å². The molecule has 0 bridgehead atoms. The molecule has 0 saturated heterocycles. The molecule has 3 aromatic carbocycles. The lowest BCUT2D eigenvalue weighted by Crippen LogP contribution is -1.85. The number of aromatic nitrogens is 2. The van der Waals surface area contributed by atoms with Crippen molar-refractivity contribution < 1.29 is 0 Å². The molecule has 2 heterocycles. The highest BCUT2D eigenvalue weighted by Crippen LogP contribution is 2.34. The van der Waals surface area contributed by atoms with Crippen molar-refractivity contribution in [1.29, 1.82) is 0 Å². The molecular weight excluding hydrogens is 268 g/mol. The van der Waals surface area contributed by atoms with Crippen molar-refractivity contribution in [3.8, 4) is 0 Å². The summed E-state index contributed by atoms with van der Waals surface area (Å²) >= 11 is 0. The summed E-state index contributed by atoms with van der Waals surface area (Å²) in [6.07, 6.45) is 0. The summed E-state index contributed by atoms with van der Waals surface area (Å²) in [5, 5.41) is 6.20. The van der Waals surface area contributed by atoms with Gasteiger partial charge in [0.2, 0.25) is 0 Å². The van der Waals surface area contributed by atoms with E-state index in [9.17, 15) is 0 Å². The summed E-state index contributed by atoms with van der Waals surface area (Å²) in [6, 6.07) is 21.3. The first-order valence-electron chi connectivity index (χ1n) is 7.51. The van der Waals surface area contributed by atoms with Crippen molar-refractivity contribution >= 4 is 43.5 Å². The van der Waals surface area contributed by atoms with E-state index in [0.29, 0.717) is 0 Å². The quantitative estimate of drug-likeness (QED) is 0.408. The number of para-hydroxylation sites is 1. The molecule has 5 aromatic rings. The molecule has 0 aliphatic rings. The minimum Gasteiger partial charge on any atom is -0.354 e. The zero-order valence-electron chi connectivity index (χ0n) is 12.2. The number of aromatic amines is 1. The number of benzene rings is 3. The summed E-state index contributed by atoms with van der Waals surface area (Å²) in [5.41, 5.74) is 4.49. The van der Waals surface area contributed by atoms with Crippen LogP contribution in [0.15, 0.2) is 60.7 Å². The predicted molar refractivity (Wildman–Crippen MR) is 93.3 cm³/mol. The van der Waals surface area contributed by atoms with Crippen molar-refractivity contribution in [2.24, 2.45) is 0 Å². The van der Waals surface area contributed by atoms with Gasteiger partial charge in [-0.05, 0) is 35.9 Å². The van der Waals surface area contributed by atoms with Crippen LogP contribution in [0.25, 0.3) is 43.5 Å². The van der Waals surface area contributed by atoms with E-state index < -0.39 is 0 Å². The number of nitrogens with zero attached hydrogens (tertiary/aromatic N) is 1. The maximum absolute atomic E-state index is 4.79. The molecule has 22 heavy (non-hydrogen) atoms. The van der Waals surface area contributed by atoms with Gasteiger partial charge >= 0.3 is 0 Å². The molecular formula is C20H14N2. The van der Waals surface area contributed by atoms with Crippen molar-refractivity contribution in [2.45, 2.75) is 6.92 Å². The molecule has 5 rings (SSSR count). The Morgan fingerprint density at radius 2 is 1.55 bits per heavy atom. The van der Waals surface area contributed by atoms with Crippen molar-refractivity contribution in [1.82, 2.24) is 9.97 Å². The monoisotopic (exact) mass is 282 g/mol. The predicted octanol–water partition coefficient (Wildman–Crippen LogP) is 5.33. The second-order valence-electron chi connectivity index (χ2n) is 5.83. The maximum atomic E-state index is 4.79. The number of rotatable bonds is 0. The fourth-order valence-electron chi connectivity index (χ4n) is 3.48. The van der Waals surface area contributed by atoms with Crippen molar-refractivity contribution in [2.75, 3.05) is 0 Å². The largest absolute Gasteiger partial charge is 0.354 e.